The first-order chi connectivity index (χ1) is 29.5. The third kappa shape index (κ3) is 11.8. The van der Waals surface area contributed by atoms with Gasteiger partial charge in [0.2, 0.25) is 0 Å². The Hall–Kier alpha value is -1.99. The number of benzene rings is 1. The van der Waals surface area contributed by atoms with Crippen LogP contribution in [0.4, 0.5) is 0 Å². The highest BCUT2D eigenvalue weighted by atomic mass is 16.7. The van der Waals surface area contributed by atoms with Crippen molar-refractivity contribution < 1.29 is 58.4 Å². The van der Waals surface area contributed by atoms with Crippen LogP contribution < -0.4 is 15.4 Å². The minimum Gasteiger partial charge on any atom is -0.483 e. The number of ether oxygens (including phenoxy) is 7. The van der Waals surface area contributed by atoms with Crippen molar-refractivity contribution in [2.45, 2.75) is 210 Å². The maximum atomic E-state index is 14.6. The van der Waals surface area contributed by atoms with Gasteiger partial charge < -0.3 is 69.1 Å². The van der Waals surface area contributed by atoms with Crippen molar-refractivity contribution in [3.05, 3.63) is 30.3 Å². The number of para-hydroxylation sites is 1. The largest absolute Gasteiger partial charge is 0.483 e. The van der Waals surface area contributed by atoms with Gasteiger partial charge in [-0.3, -0.25) is 4.79 Å². The summed E-state index contributed by atoms with van der Waals surface area (Å²) in [4.78, 5) is 16.7. The fourth-order valence-electron chi connectivity index (χ4n) is 10.4. The van der Waals surface area contributed by atoms with Crippen molar-refractivity contribution in [3.8, 4) is 5.75 Å². The van der Waals surface area contributed by atoms with Crippen molar-refractivity contribution in [2.75, 3.05) is 34.3 Å². The van der Waals surface area contributed by atoms with E-state index in [1.165, 1.54) is 6.92 Å². The number of carbonyl (C=O) groups is 1. The third-order valence-corrected chi connectivity index (χ3v) is 14.9. The van der Waals surface area contributed by atoms with E-state index in [0.717, 1.165) is 19.3 Å². The summed E-state index contributed by atoms with van der Waals surface area (Å²) in [6.07, 6.45) is -3.49. The monoisotopic (exact) mass is 894 g/mol. The molecule has 63 heavy (non-hydrogen) atoms. The number of rotatable bonds is 12. The molecule has 4 aliphatic rings. The zero-order valence-electron chi connectivity index (χ0n) is 40.4. The summed E-state index contributed by atoms with van der Waals surface area (Å²) < 4.78 is 46.3. The van der Waals surface area contributed by atoms with Crippen molar-refractivity contribution in [3.63, 3.8) is 0 Å². The first-order valence-electron chi connectivity index (χ1n) is 23.5. The highest BCUT2D eigenvalue weighted by Crippen LogP contribution is 2.44. The lowest BCUT2D eigenvalue weighted by atomic mass is 9.74. The van der Waals surface area contributed by atoms with Crippen LogP contribution in [0.3, 0.4) is 0 Å². The smallest absolute Gasteiger partial charge is 0.311 e. The average molecular weight is 894 g/mol. The molecule has 0 radical (unpaired) electrons. The van der Waals surface area contributed by atoms with Gasteiger partial charge in [0.05, 0.1) is 42.0 Å². The molecule has 15 heteroatoms. The molecule has 0 bridgehead atoms. The molecule has 3 heterocycles. The second-order valence-electron chi connectivity index (χ2n) is 20.4. The van der Waals surface area contributed by atoms with Crippen LogP contribution in [-0.4, -0.2) is 161 Å². The Balaban J connectivity index is 1.58. The molecule has 0 unspecified atom stereocenters. The summed E-state index contributed by atoms with van der Waals surface area (Å²) in [5.74, 6) is -1.96. The molecular formula is C48H83N3O12. The highest BCUT2D eigenvalue weighted by molar-refractivity contribution is 5.73. The van der Waals surface area contributed by atoms with E-state index >= 15 is 0 Å². The molecule has 4 fully saturated rings. The minimum atomic E-state index is -1.81. The Morgan fingerprint density at radius 1 is 0.937 bits per heavy atom. The predicted molar refractivity (Wildman–Crippen MR) is 239 cm³/mol. The Morgan fingerprint density at radius 2 is 1.60 bits per heavy atom. The van der Waals surface area contributed by atoms with E-state index in [-0.39, 0.29) is 43.9 Å². The standard InChI is InChI=1S/C48H83N3O12/c1-14-37-47(10,55)41(52)32(6)49-26-28(2)24-45(8,54)42(63-44-40(60-35-21-16-15-17-22-35)36(51(11)12)23-29(3)58-44)30(4)39(31(5)43(53)61-37)62-38-25-46(9,57-13)48(56,33(7)59-38)27-50-34-19-18-20-34/h15-17,21-22,28-34,36-42,44,49-50,52,54-56H,14,18-20,23-27H2,1-13H3/t28-,29-,30+,31-,32-,33+,36+,37-,38+,39+,40-,41-,42-,44+,45-,46-,47-,48+/m1/s1. The predicted octanol–water partition coefficient (Wildman–Crippen LogP) is 4.16. The Morgan fingerprint density at radius 3 is 2.19 bits per heavy atom. The lowest BCUT2D eigenvalue weighted by Crippen LogP contribution is -2.70. The molecule has 15 nitrogen and oxygen atoms in total. The van der Waals surface area contributed by atoms with Crippen LogP contribution in [-0.2, 0) is 33.2 Å². The van der Waals surface area contributed by atoms with E-state index in [1.807, 2.05) is 72.1 Å². The van der Waals surface area contributed by atoms with Gasteiger partial charge in [-0.25, -0.2) is 0 Å². The normalized spacial score (nSPS) is 45.1. The van der Waals surface area contributed by atoms with Gasteiger partial charge in [-0.05, 0) is 119 Å². The van der Waals surface area contributed by atoms with Crippen molar-refractivity contribution >= 4 is 5.97 Å². The summed E-state index contributed by atoms with van der Waals surface area (Å²) in [6.45, 7) is 18.7. The number of nitrogens with one attached hydrogen (secondary N) is 2. The van der Waals surface area contributed by atoms with Crippen molar-refractivity contribution in [1.82, 2.24) is 15.5 Å². The van der Waals surface area contributed by atoms with Crippen LogP contribution in [0.2, 0.25) is 0 Å². The van der Waals surface area contributed by atoms with Crippen LogP contribution in [0.15, 0.2) is 30.3 Å². The van der Waals surface area contributed by atoms with Gasteiger partial charge in [-0.1, -0.05) is 45.4 Å². The summed E-state index contributed by atoms with van der Waals surface area (Å²) in [5.41, 5.74) is -5.92. The number of nitrogens with zero attached hydrogens (tertiary/aromatic N) is 1. The maximum absolute atomic E-state index is 14.6. The Bertz CT molecular complexity index is 1580. The van der Waals surface area contributed by atoms with E-state index in [1.54, 1.807) is 41.7 Å². The van der Waals surface area contributed by atoms with Crippen LogP contribution in [0.5, 0.6) is 5.75 Å². The molecule has 6 N–H and O–H groups in total. The number of carbonyl (C=O) groups excluding carboxylic acids is 1. The molecule has 0 spiro atoms. The van der Waals surface area contributed by atoms with Crippen LogP contribution in [0.25, 0.3) is 0 Å². The molecule has 362 valence electrons. The van der Waals surface area contributed by atoms with Crippen LogP contribution >= 0.6 is 0 Å². The molecular weight excluding hydrogens is 811 g/mol. The molecule has 0 aromatic heterocycles. The van der Waals surface area contributed by atoms with Crippen LogP contribution in [0, 0.1) is 17.8 Å². The second kappa shape index (κ2) is 21.3. The van der Waals surface area contributed by atoms with Gasteiger partial charge in [-0.2, -0.15) is 0 Å². The number of methoxy groups -OCH3 is 1. The number of cyclic esters (lactones) is 1. The zero-order chi connectivity index (χ0) is 46.7. The van der Waals surface area contributed by atoms with Crippen LogP contribution in [0.1, 0.15) is 114 Å². The maximum Gasteiger partial charge on any atom is 0.311 e. The van der Waals surface area contributed by atoms with E-state index < -0.39 is 95.5 Å². The summed E-state index contributed by atoms with van der Waals surface area (Å²) in [5, 5.41) is 55.4. The molecule has 1 aromatic carbocycles. The lowest BCUT2D eigenvalue weighted by Gasteiger charge is -2.54. The first-order valence-corrected chi connectivity index (χ1v) is 23.5. The fourth-order valence-corrected chi connectivity index (χ4v) is 10.4. The topological polar surface area (TPSA) is 190 Å². The number of aliphatic hydroxyl groups excluding tert-OH is 1. The molecule has 1 saturated carbocycles. The van der Waals surface area contributed by atoms with Crippen molar-refractivity contribution in [2.24, 2.45) is 17.8 Å². The molecule has 3 aliphatic heterocycles. The fraction of sp³-hybridized carbons (Fsp3) is 0.854. The first kappa shape index (κ1) is 52.0. The third-order valence-electron chi connectivity index (χ3n) is 14.9. The van der Waals surface area contributed by atoms with Gasteiger partial charge in [-0.15, -0.1) is 0 Å². The van der Waals surface area contributed by atoms with Gasteiger partial charge in [0.15, 0.2) is 18.7 Å². The van der Waals surface area contributed by atoms with Gasteiger partial charge in [0.25, 0.3) is 0 Å². The highest BCUT2D eigenvalue weighted by Gasteiger charge is 2.59. The molecule has 0 amide bonds. The number of esters is 1. The lowest BCUT2D eigenvalue weighted by molar-refractivity contribution is -0.336. The number of aliphatic hydroxyl groups is 4. The number of hydrogen-bond acceptors (Lipinski definition) is 15. The summed E-state index contributed by atoms with van der Waals surface area (Å²) in [6, 6.07) is 9.11. The summed E-state index contributed by atoms with van der Waals surface area (Å²) >= 11 is 0. The average Bonchev–Trinajstić information content (AvgIpc) is 3.21. The summed E-state index contributed by atoms with van der Waals surface area (Å²) in [7, 11) is 5.57. The van der Waals surface area contributed by atoms with E-state index in [9.17, 15) is 25.2 Å². The quantitative estimate of drug-likeness (QED) is 0.164. The molecule has 1 aromatic rings. The Kier molecular flexibility index (Phi) is 17.6. The van der Waals surface area contributed by atoms with Gasteiger partial charge in [0.1, 0.15) is 34.8 Å². The Labute approximate surface area is 377 Å². The van der Waals surface area contributed by atoms with E-state index in [4.69, 9.17) is 33.2 Å². The number of likely N-dealkylation sites (N-methyl/N-ethyl adjacent to an activating group) is 1. The minimum absolute atomic E-state index is 0.115. The molecule has 1 aliphatic carbocycles. The number of hydrogen-bond donors (Lipinski definition) is 6. The molecule has 3 saturated heterocycles. The molecule has 5 rings (SSSR count). The van der Waals surface area contributed by atoms with Crippen molar-refractivity contribution in [1.29, 1.82) is 0 Å². The van der Waals surface area contributed by atoms with Gasteiger partial charge >= 0.3 is 5.97 Å². The molecule has 18 atom stereocenters. The van der Waals surface area contributed by atoms with E-state index in [2.05, 4.69) is 15.5 Å². The zero-order valence-corrected chi connectivity index (χ0v) is 40.4. The second-order valence-corrected chi connectivity index (χ2v) is 20.4. The SMILES string of the molecule is CC[C@H]1OC(=O)[C@H](C)[C@@H](O[C@H]2C[C@@](C)(OC)[C@](O)(CNC3CCC3)[C@H](C)O2)[C@H](C)[C@@H](O[C@@H]2O[C@H](C)C[C@H](N(C)C)[C@H]2Oc2ccccc2)[C@](C)(O)C[C@@H](C)CN[C@H](C)[C@@H](O)[C@]1(C)O. The van der Waals surface area contributed by atoms with Gasteiger partial charge in [0, 0.05) is 38.1 Å². The van der Waals surface area contributed by atoms with E-state index in [0.29, 0.717) is 24.8 Å².